The van der Waals surface area contributed by atoms with E-state index in [9.17, 15) is 4.79 Å². The van der Waals surface area contributed by atoms with Gasteiger partial charge in [-0.25, -0.2) is 4.79 Å². The molecule has 1 amide bonds. The second kappa shape index (κ2) is 5.68. The molecular formula is C13H17NO3. The molecule has 0 N–H and O–H groups in total. The first kappa shape index (κ1) is 11.9. The van der Waals surface area contributed by atoms with Gasteiger partial charge in [-0.2, -0.15) is 0 Å². The standard InChI is InChI=1S/C13H17NO3/c1-16-10-9-14(11-7-8-11)13(15)17-12-5-3-2-4-6-12/h2-6,11H,7-10H2,1H3. The van der Waals surface area contributed by atoms with Gasteiger partial charge in [-0.15, -0.1) is 0 Å². The van der Waals surface area contributed by atoms with E-state index in [1.807, 2.05) is 18.2 Å². The smallest absolute Gasteiger partial charge is 0.410 e. The number of amides is 1. The topological polar surface area (TPSA) is 38.8 Å². The monoisotopic (exact) mass is 235 g/mol. The van der Waals surface area contributed by atoms with Gasteiger partial charge in [-0.1, -0.05) is 18.2 Å². The lowest BCUT2D eigenvalue weighted by molar-refractivity contribution is 0.120. The Morgan fingerprint density at radius 2 is 2.06 bits per heavy atom. The van der Waals surface area contributed by atoms with Crippen molar-refractivity contribution in [3.63, 3.8) is 0 Å². The van der Waals surface area contributed by atoms with Gasteiger partial charge >= 0.3 is 6.09 Å². The van der Waals surface area contributed by atoms with Gasteiger partial charge in [0.2, 0.25) is 0 Å². The third-order valence-corrected chi connectivity index (χ3v) is 2.71. The zero-order chi connectivity index (χ0) is 12.1. The number of carbonyl (C=O) groups is 1. The summed E-state index contributed by atoms with van der Waals surface area (Å²) >= 11 is 0. The number of rotatable bonds is 5. The zero-order valence-electron chi connectivity index (χ0n) is 9.96. The van der Waals surface area contributed by atoms with Crippen LogP contribution in [-0.4, -0.2) is 37.3 Å². The number of hydrogen-bond donors (Lipinski definition) is 0. The number of ether oxygens (including phenoxy) is 2. The van der Waals surface area contributed by atoms with E-state index in [2.05, 4.69) is 0 Å². The second-order valence-corrected chi connectivity index (χ2v) is 4.10. The third kappa shape index (κ3) is 3.46. The number of para-hydroxylation sites is 1. The highest BCUT2D eigenvalue weighted by molar-refractivity contribution is 5.71. The summed E-state index contributed by atoms with van der Waals surface area (Å²) in [6, 6.07) is 9.47. The van der Waals surface area contributed by atoms with Gasteiger partial charge < -0.3 is 14.4 Å². The van der Waals surface area contributed by atoms with Crippen molar-refractivity contribution >= 4 is 6.09 Å². The molecule has 0 spiro atoms. The van der Waals surface area contributed by atoms with Crippen LogP contribution in [0.3, 0.4) is 0 Å². The molecule has 0 saturated heterocycles. The van der Waals surface area contributed by atoms with Gasteiger partial charge in [0.15, 0.2) is 0 Å². The summed E-state index contributed by atoms with van der Waals surface area (Å²) < 4.78 is 10.3. The van der Waals surface area contributed by atoms with Gasteiger partial charge in [0, 0.05) is 19.7 Å². The molecule has 0 heterocycles. The average Bonchev–Trinajstić information content (AvgIpc) is 3.15. The number of nitrogens with zero attached hydrogens (tertiary/aromatic N) is 1. The summed E-state index contributed by atoms with van der Waals surface area (Å²) in [6.45, 7) is 1.13. The first-order valence-electron chi connectivity index (χ1n) is 5.83. The van der Waals surface area contributed by atoms with Crippen molar-refractivity contribution in [3.05, 3.63) is 30.3 Å². The summed E-state index contributed by atoms with van der Waals surface area (Å²) in [6.07, 6.45) is 1.84. The average molecular weight is 235 g/mol. The highest BCUT2D eigenvalue weighted by atomic mass is 16.6. The van der Waals surface area contributed by atoms with Crippen molar-refractivity contribution < 1.29 is 14.3 Å². The molecule has 1 fully saturated rings. The molecule has 0 atom stereocenters. The predicted molar refractivity (Wildman–Crippen MR) is 64.1 cm³/mol. The van der Waals surface area contributed by atoms with E-state index < -0.39 is 0 Å². The number of methoxy groups -OCH3 is 1. The fourth-order valence-corrected chi connectivity index (χ4v) is 1.65. The van der Waals surface area contributed by atoms with Crippen LogP contribution >= 0.6 is 0 Å². The van der Waals surface area contributed by atoms with E-state index in [0.29, 0.717) is 24.9 Å². The van der Waals surface area contributed by atoms with Crippen LogP contribution in [0.1, 0.15) is 12.8 Å². The lowest BCUT2D eigenvalue weighted by atomic mass is 10.3. The molecule has 1 aliphatic carbocycles. The molecule has 0 bridgehead atoms. The lowest BCUT2D eigenvalue weighted by Crippen LogP contribution is -2.37. The second-order valence-electron chi connectivity index (χ2n) is 4.10. The molecular weight excluding hydrogens is 218 g/mol. The first-order valence-corrected chi connectivity index (χ1v) is 5.83. The zero-order valence-corrected chi connectivity index (χ0v) is 9.96. The van der Waals surface area contributed by atoms with E-state index in [1.54, 1.807) is 24.1 Å². The fourth-order valence-electron chi connectivity index (χ4n) is 1.65. The Morgan fingerprint density at radius 1 is 1.35 bits per heavy atom. The summed E-state index contributed by atoms with van der Waals surface area (Å²) in [7, 11) is 1.63. The van der Waals surface area contributed by atoms with Gasteiger partial charge in [-0.3, -0.25) is 0 Å². The molecule has 2 rings (SSSR count). The van der Waals surface area contributed by atoms with E-state index in [1.165, 1.54) is 0 Å². The molecule has 17 heavy (non-hydrogen) atoms. The maximum absolute atomic E-state index is 11.9. The van der Waals surface area contributed by atoms with Crippen molar-refractivity contribution in [1.29, 1.82) is 0 Å². The number of hydrogen-bond acceptors (Lipinski definition) is 3. The first-order chi connectivity index (χ1) is 8.31. The molecule has 1 aliphatic rings. The van der Waals surface area contributed by atoms with E-state index in [0.717, 1.165) is 12.8 Å². The van der Waals surface area contributed by atoms with Crippen molar-refractivity contribution in [1.82, 2.24) is 4.90 Å². The predicted octanol–water partition coefficient (Wildman–Crippen LogP) is 2.30. The quantitative estimate of drug-likeness (QED) is 0.786. The Bertz CT molecular complexity index is 362. The van der Waals surface area contributed by atoms with Gasteiger partial charge in [0.1, 0.15) is 5.75 Å². The Kier molecular flexibility index (Phi) is 3.98. The van der Waals surface area contributed by atoms with Crippen molar-refractivity contribution in [2.45, 2.75) is 18.9 Å². The van der Waals surface area contributed by atoms with Gasteiger partial charge in [-0.05, 0) is 25.0 Å². The van der Waals surface area contributed by atoms with Crippen LogP contribution in [0.5, 0.6) is 5.75 Å². The maximum Gasteiger partial charge on any atom is 0.415 e. The number of carbonyl (C=O) groups excluding carboxylic acids is 1. The SMILES string of the molecule is COCCN(C(=O)Oc1ccccc1)C1CC1. The van der Waals surface area contributed by atoms with Gasteiger partial charge in [0.05, 0.1) is 6.61 Å². The summed E-state index contributed by atoms with van der Waals surface area (Å²) in [5, 5.41) is 0. The van der Waals surface area contributed by atoms with Crippen LogP contribution in [0.15, 0.2) is 30.3 Å². The molecule has 0 aromatic heterocycles. The van der Waals surface area contributed by atoms with Gasteiger partial charge in [0.25, 0.3) is 0 Å². The Hall–Kier alpha value is -1.55. The van der Waals surface area contributed by atoms with E-state index in [-0.39, 0.29) is 6.09 Å². The summed E-state index contributed by atoms with van der Waals surface area (Å²) in [5.41, 5.74) is 0. The highest BCUT2D eigenvalue weighted by Crippen LogP contribution is 2.27. The van der Waals surface area contributed by atoms with Crippen LogP contribution in [0.25, 0.3) is 0 Å². The normalized spacial score (nSPS) is 14.4. The molecule has 1 saturated carbocycles. The molecule has 1 aromatic rings. The highest BCUT2D eigenvalue weighted by Gasteiger charge is 2.33. The molecule has 92 valence electrons. The summed E-state index contributed by atoms with van der Waals surface area (Å²) in [4.78, 5) is 13.7. The lowest BCUT2D eigenvalue weighted by Gasteiger charge is -2.21. The Balaban J connectivity index is 1.92. The fraction of sp³-hybridized carbons (Fsp3) is 0.462. The van der Waals surface area contributed by atoms with E-state index in [4.69, 9.17) is 9.47 Å². The van der Waals surface area contributed by atoms with Crippen LogP contribution in [-0.2, 0) is 4.74 Å². The van der Waals surface area contributed by atoms with Crippen LogP contribution in [0, 0.1) is 0 Å². The van der Waals surface area contributed by atoms with Crippen LogP contribution < -0.4 is 4.74 Å². The van der Waals surface area contributed by atoms with Crippen LogP contribution in [0.4, 0.5) is 4.79 Å². The molecule has 4 heteroatoms. The molecule has 4 nitrogen and oxygen atoms in total. The van der Waals surface area contributed by atoms with Crippen molar-refractivity contribution in [2.75, 3.05) is 20.3 Å². The van der Waals surface area contributed by atoms with Crippen molar-refractivity contribution in [3.8, 4) is 5.75 Å². The molecule has 1 aromatic carbocycles. The van der Waals surface area contributed by atoms with Crippen LogP contribution in [0.2, 0.25) is 0 Å². The Morgan fingerprint density at radius 3 is 2.65 bits per heavy atom. The maximum atomic E-state index is 11.9. The molecule has 0 unspecified atom stereocenters. The minimum Gasteiger partial charge on any atom is -0.410 e. The minimum absolute atomic E-state index is 0.282. The largest absolute Gasteiger partial charge is 0.415 e. The summed E-state index contributed by atoms with van der Waals surface area (Å²) in [5.74, 6) is 0.584. The minimum atomic E-state index is -0.282. The van der Waals surface area contributed by atoms with E-state index >= 15 is 0 Å². The third-order valence-electron chi connectivity index (χ3n) is 2.71. The molecule has 0 radical (unpaired) electrons. The number of benzene rings is 1. The molecule has 0 aliphatic heterocycles. The van der Waals surface area contributed by atoms with Crippen molar-refractivity contribution in [2.24, 2.45) is 0 Å². The Labute approximate surface area is 101 Å².